The molecule has 0 fully saturated rings. The lowest BCUT2D eigenvalue weighted by Gasteiger charge is -2.06. The number of pyridine rings is 1. The molecule has 0 aromatic carbocycles. The summed E-state index contributed by atoms with van der Waals surface area (Å²) in [7, 11) is 2.82. The van der Waals surface area contributed by atoms with Gasteiger partial charge in [0.2, 0.25) is 0 Å². The lowest BCUT2D eigenvalue weighted by molar-refractivity contribution is 0.0602. The van der Waals surface area contributed by atoms with Crippen LogP contribution in [-0.2, 0) is 21.8 Å². The number of rotatable bonds is 6. The Morgan fingerprint density at radius 1 is 1.31 bits per heavy atom. The molecule has 0 spiro atoms. The Hall–Kier alpha value is -2.72. The summed E-state index contributed by atoms with van der Waals surface area (Å²) in [6, 6.07) is 3.28. The van der Waals surface area contributed by atoms with E-state index in [0.717, 1.165) is 0 Å². The number of aryl methyl sites for hydroxylation is 1. The molecule has 26 heavy (non-hydrogen) atoms. The molecule has 10 heteroatoms. The van der Waals surface area contributed by atoms with E-state index in [9.17, 15) is 9.59 Å². The molecule has 9 nitrogen and oxygen atoms in total. The van der Waals surface area contributed by atoms with Crippen LogP contribution in [0.2, 0.25) is 0 Å². The van der Waals surface area contributed by atoms with Crippen molar-refractivity contribution < 1.29 is 18.8 Å². The number of thioether (sulfide) groups is 1. The highest BCUT2D eigenvalue weighted by molar-refractivity contribution is 7.98. The molecule has 136 valence electrons. The van der Waals surface area contributed by atoms with Crippen molar-refractivity contribution in [3.63, 3.8) is 0 Å². The zero-order valence-corrected chi connectivity index (χ0v) is 15.2. The Morgan fingerprint density at radius 3 is 2.85 bits per heavy atom. The largest absolute Gasteiger partial charge is 0.465 e. The number of methoxy groups -OCH3 is 2. The highest BCUT2D eigenvalue weighted by Crippen LogP contribution is 2.21. The molecule has 0 radical (unpaired) electrons. The zero-order chi connectivity index (χ0) is 18.7. The lowest BCUT2D eigenvalue weighted by Crippen LogP contribution is -2.16. The van der Waals surface area contributed by atoms with Gasteiger partial charge in [-0.05, 0) is 13.0 Å². The molecular weight excluding hydrogens is 360 g/mol. The fourth-order valence-corrected chi connectivity index (χ4v) is 3.10. The molecule has 1 N–H and O–H groups in total. The van der Waals surface area contributed by atoms with Crippen molar-refractivity contribution in [3.05, 3.63) is 45.2 Å². The molecule has 0 unspecified atom stereocenters. The SMILES string of the molecule is COCc1cc(CSc2nc3nc(C)cc(C(=O)OC)c3c(=O)[nH]2)no1. The number of carbonyl (C=O) groups excluding carboxylic acids is 1. The normalized spacial score (nSPS) is 11.0. The number of aromatic nitrogens is 4. The summed E-state index contributed by atoms with van der Waals surface area (Å²) in [5.41, 5.74) is 1.13. The van der Waals surface area contributed by atoms with Crippen LogP contribution in [0.5, 0.6) is 0 Å². The van der Waals surface area contributed by atoms with Gasteiger partial charge in [-0.15, -0.1) is 0 Å². The van der Waals surface area contributed by atoms with Gasteiger partial charge in [-0.25, -0.2) is 14.8 Å². The van der Waals surface area contributed by atoms with Crippen molar-refractivity contribution in [1.82, 2.24) is 20.1 Å². The topological polar surface area (TPSA) is 120 Å². The van der Waals surface area contributed by atoms with Crippen LogP contribution >= 0.6 is 11.8 Å². The fraction of sp³-hybridized carbons (Fsp3) is 0.312. The zero-order valence-electron chi connectivity index (χ0n) is 14.4. The number of hydrogen-bond acceptors (Lipinski definition) is 9. The number of esters is 1. The number of nitrogens with one attached hydrogen (secondary N) is 1. The van der Waals surface area contributed by atoms with E-state index in [1.807, 2.05) is 0 Å². The Balaban J connectivity index is 1.90. The van der Waals surface area contributed by atoms with Gasteiger partial charge in [0.15, 0.2) is 16.6 Å². The molecule has 0 bridgehead atoms. The molecule has 0 aliphatic rings. The second-order valence-corrected chi connectivity index (χ2v) is 6.34. The molecular formula is C16H16N4O5S. The molecule has 3 rings (SSSR count). The summed E-state index contributed by atoms with van der Waals surface area (Å²) < 4.78 is 14.8. The average molecular weight is 376 g/mol. The van der Waals surface area contributed by atoms with Gasteiger partial charge in [0, 0.05) is 24.6 Å². The molecule has 3 aromatic heterocycles. The number of carbonyl (C=O) groups is 1. The summed E-state index contributed by atoms with van der Waals surface area (Å²) in [6.07, 6.45) is 0. The van der Waals surface area contributed by atoms with Gasteiger partial charge in [-0.3, -0.25) is 4.79 Å². The minimum atomic E-state index is -0.610. The second-order valence-electron chi connectivity index (χ2n) is 5.38. The predicted molar refractivity (Wildman–Crippen MR) is 93.0 cm³/mol. The Morgan fingerprint density at radius 2 is 2.12 bits per heavy atom. The number of ether oxygens (including phenoxy) is 2. The van der Waals surface area contributed by atoms with Gasteiger partial charge in [0.05, 0.1) is 23.8 Å². The number of nitrogens with zero attached hydrogens (tertiary/aromatic N) is 3. The van der Waals surface area contributed by atoms with Gasteiger partial charge >= 0.3 is 5.97 Å². The number of H-pyrrole nitrogens is 1. The van der Waals surface area contributed by atoms with Crippen LogP contribution < -0.4 is 5.56 Å². The second kappa shape index (κ2) is 7.67. The maximum atomic E-state index is 12.4. The third-order valence-electron chi connectivity index (χ3n) is 3.44. The third kappa shape index (κ3) is 3.75. The first-order valence-corrected chi connectivity index (χ1v) is 8.56. The van der Waals surface area contributed by atoms with Crippen LogP contribution in [0.15, 0.2) is 26.6 Å². The van der Waals surface area contributed by atoms with E-state index < -0.39 is 11.5 Å². The summed E-state index contributed by atoms with van der Waals surface area (Å²) >= 11 is 1.27. The van der Waals surface area contributed by atoms with Crippen LogP contribution in [-0.4, -0.2) is 40.3 Å². The molecule has 0 aliphatic heterocycles. The monoisotopic (exact) mass is 376 g/mol. The highest BCUT2D eigenvalue weighted by Gasteiger charge is 2.17. The summed E-state index contributed by atoms with van der Waals surface area (Å²) in [6.45, 7) is 2.05. The van der Waals surface area contributed by atoms with Gasteiger partial charge in [-0.1, -0.05) is 16.9 Å². The van der Waals surface area contributed by atoms with Crippen molar-refractivity contribution in [2.45, 2.75) is 24.4 Å². The Bertz CT molecular complexity index is 1010. The van der Waals surface area contributed by atoms with E-state index in [1.165, 1.54) is 24.9 Å². The smallest absolute Gasteiger partial charge is 0.338 e. The van der Waals surface area contributed by atoms with E-state index in [4.69, 9.17) is 14.0 Å². The van der Waals surface area contributed by atoms with E-state index in [2.05, 4.69) is 20.1 Å². The molecule has 0 aliphatic carbocycles. The van der Waals surface area contributed by atoms with Crippen molar-refractivity contribution in [1.29, 1.82) is 0 Å². The minimum absolute atomic E-state index is 0.107. The number of hydrogen-bond donors (Lipinski definition) is 1. The number of fused-ring (bicyclic) bond motifs is 1. The average Bonchev–Trinajstić information content (AvgIpc) is 3.06. The molecule has 3 heterocycles. The molecule has 0 saturated carbocycles. The molecule has 0 saturated heterocycles. The van der Waals surface area contributed by atoms with Gasteiger partial charge < -0.3 is 19.0 Å². The Labute approximate surface area is 152 Å². The molecule has 0 amide bonds. The minimum Gasteiger partial charge on any atom is -0.465 e. The van der Waals surface area contributed by atoms with Gasteiger partial charge in [-0.2, -0.15) is 0 Å². The maximum absolute atomic E-state index is 12.4. The van der Waals surface area contributed by atoms with Crippen molar-refractivity contribution in [2.75, 3.05) is 14.2 Å². The highest BCUT2D eigenvalue weighted by atomic mass is 32.2. The summed E-state index contributed by atoms with van der Waals surface area (Å²) in [5, 5.41) is 4.40. The Kier molecular flexibility index (Phi) is 5.33. The van der Waals surface area contributed by atoms with Gasteiger partial charge in [0.1, 0.15) is 6.61 Å². The van der Waals surface area contributed by atoms with Crippen LogP contribution in [0.1, 0.15) is 27.5 Å². The fourth-order valence-electron chi connectivity index (χ4n) is 2.36. The third-order valence-corrected chi connectivity index (χ3v) is 4.35. The summed E-state index contributed by atoms with van der Waals surface area (Å²) in [4.78, 5) is 35.6. The van der Waals surface area contributed by atoms with Crippen molar-refractivity contribution in [3.8, 4) is 0 Å². The van der Waals surface area contributed by atoms with Crippen LogP contribution in [0.3, 0.4) is 0 Å². The van der Waals surface area contributed by atoms with Crippen molar-refractivity contribution >= 4 is 28.8 Å². The van der Waals surface area contributed by atoms with E-state index in [-0.39, 0.29) is 16.6 Å². The predicted octanol–water partition coefficient (Wildman–Crippen LogP) is 1.84. The molecule has 3 aromatic rings. The first kappa shape index (κ1) is 18.1. The maximum Gasteiger partial charge on any atom is 0.338 e. The summed E-state index contributed by atoms with van der Waals surface area (Å²) in [5.74, 6) is 0.446. The van der Waals surface area contributed by atoms with E-state index in [1.54, 1.807) is 20.1 Å². The van der Waals surface area contributed by atoms with Crippen LogP contribution in [0.4, 0.5) is 0 Å². The van der Waals surface area contributed by atoms with Crippen molar-refractivity contribution in [2.24, 2.45) is 0 Å². The standard InChI is InChI=1S/C16H16N4O5S/c1-8-4-11(15(22)24-3)12-13(17-8)18-16(19-14(12)21)26-7-9-5-10(6-23-2)25-20-9/h4-5H,6-7H2,1-3H3,(H,17,18,19,21). The van der Waals surface area contributed by atoms with Crippen LogP contribution in [0.25, 0.3) is 11.0 Å². The first-order valence-electron chi connectivity index (χ1n) is 7.58. The molecule has 0 atom stereocenters. The van der Waals surface area contributed by atoms with Crippen LogP contribution in [0, 0.1) is 6.92 Å². The quantitative estimate of drug-likeness (QED) is 0.390. The van der Waals surface area contributed by atoms with E-state index >= 15 is 0 Å². The lowest BCUT2D eigenvalue weighted by atomic mass is 10.1. The van der Waals surface area contributed by atoms with E-state index in [0.29, 0.717) is 34.7 Å². The first-order chi connectivity index (χ1) is 12.5. The van der Waals surface area contributed by atoms with Gasteiger partial charge in [0.25, 0.3) is 5.56 Å². The number of aromatic amines is 1.